The van der Waals surface area contributed by atoms with Crippen LogP contribution in [0.3, 0.4) is 0 Å². The van der Waals surface area contributed by atoms with Crippen LogP contribution in [0.15, 0.2) is 194 Å². The molecule has 2 heteroatoms. The van der Waals surface area contributed by atoms with Gasteiger partial charge in [0.1, 0.15) is 0 Å². The van der Waals surface area contributed by atoms with E-state index in [0.29, 0.717) is 0 Å². The van der Waals surface area contributed by atoms with E-state index in [0.717, 1.165) is 11.4 Å². The van der Waals surface area contributed by atoms with E-state index in [4.69, 9.17) is 0 Å². The zero-order valence-electron chi connectivity index (χ0n) is 27.4. The molecule has 0 fully saturated rings. The Kier molecular flexibility index (Phi) is 6.53. The summed E-state index contributed by atoms with van der Waals surface area (Å²) in [7, 11) is 0. The maximum Gasteiger partial charge on any atom is 0.0547 e. The first-order chi connectivity index (χ1) is 24.8. The van der Waals surface area contributed by atoms with Crippen molar-refractivity contribution in [3.8, 4) is 44.8 Å². The summed E-state index contributed by atoms with van der Waals surface area (Å²) in [5.41, 5.74) is 14.4. The van der Waals surface area contributed by atoms with Crippen LogP contribution in [0, 0.1) is 0 Å². The highest BCUT2D eigenvalue weighted by Crippen LogP contribution is 2.39. The summed E-state index contributed by atoms with van der Waals surface area (Å²) in [5, 5.41) is 5.05. The van der Waals surface area contributed by atoms with E-state index in [9.17, 15) is 0 Å². The number of fused-ring (bicyclic) bond motifs is 6. The number of hydrogen-bond donors (Lipinski definition) is 0. The van der Waals surface area contributed by atoms with Gasteiger partial charge in [0.2, 0.25) is 0 Å². The summed E-state index contributed by atoms with van der Waals surface area (Å²) < 4.78 is 4.81. The molecule has 0 N–H and O–H groups in total. The first-order valence-electron chi connectivity index (χ1n) is 17.2. The molecule has 0 radical (unpaired) electrons. The van der Waals surface area contributed by atoms with Crippen LogP contribution >= 0.6 is 0 Å². The Labute approximate surface area is 290 Å². The molecule has 0 spiro atoms. The summed E-state index contributed by atoms with van der Waals surface area (Å²) in [6.45, 7) is 0. The van der Waals surface area contributed by atoms with Crippen molar-refractivity contribution in [3.63, 3.8) is 0 Å². The molecular formula is C48H32N2. The molecule has 0 saturated carbocycles. The van der Waals surface area contributed by atoms with Crippen LogP contribution in [0.4, 0.5) is 0 Å². The predicted octanol–water partition coefficient (Wildman–Crippen LogP) is 12.9. The molecule has 50 heavy (non-hydrogen) atoms. The fourth-order valence-corrected chi connectivity index (χ4v) is 7.83. The lowest BCUT2D eigenvalue weighted by Crippen LogP contribution is -1.96. The summed E-state index contributed by atoms with van der Waals surface area (Å²) in [6, 6.07) is 70.4. The second-order valence-electron chi connectivity index (χ2n) is 13.0. The molecule has 0 aliphatic carbocycles. The summed E-state index contributed by atoms with van der Waals surface area (Å²) in [5.74, 6) is 0. The molecule has 0 unspecified atom stereocenters. The summed E-state index contributed by atoms with van der Waals surface area (Å²) >= 11 is 0. The molecule has 0 atom stereocenters. The van der Waals surface area contributed by atoms with Gasteiger partial charge < -0.3 is 9.13 Å². The van der Waals surface area contributed by atoms with Gasteiger partial charge in [0.25, 0.3) is 0 Å². The lowest BCUT2D eigenvalue weighted by atomic mass is 9.94. The zero-order valence-corrected chi connectivity index (χ0v) is 27.4. The van der Waals surface area contributed by atoms with Crippen molar-refractivity contribution in [3.05, 3.63) is 194 Å². The third kappa shape index (κ3) is 4.50. The average Bonchev–Trinajstić information content (AvgIpc) is 3.71. The van der Waals surface area contributed by atoms with Crippen molar-refractivity contribution >= 4 is 43.6 Å². The lowest BCUT2D eigenvalue weighted by Gasteiger charge is -2.15. The molecule has 0 aliphatic heterocycles. The van der Waals surface area contributed by atoms with Crippen molar-refractivity contribution in [2.75, 3.05) is 0 Å². The van der Waals surface area contributed by atoms with E-state index in [-0.39, 0.29) is 0 Å². The summed E-state index contributed by atoms with van der Waals surface area (Å²) in [4.78, 5) is 0. The van der Waals surface area contributed by atoms with Crippen LogP contribution in [0.25, 0.3) is 88.4 Å². The van der Waals surface area contributed by atoms with Gasteiger partial charge in [-0.15, -0.1) is 0 Å². The standard InChI is InChI=1S/C48H32N2/c1-3-13-34(14-4-1)39-30-28-38(32-44(39)35-15-5-2-6-16-35)50-47-22-12-9-19-42(47)43-29-25-36(31-48(43)50)33-23-26-37(27-24-33)49-45-20-10-7-17-40(45)41-18-8-11-21-46(41)49/h1-32H. The van der Waals surface area contributed by atoms with Crippen LogP contribution in [0.1, 0.15) is 0 Å². The lowest BCUT2D eigenvalue weighted by molar-refractivity contribution is 1.18. The third-order valence-electron chi connectivity index (χ3n) is 10.1. The second-order valence-corrected chi connectivity index (χ2v) is 13.0. The zero-order chi connectivity index (χ0) is 33.0. The third-order valence-corrected chi connectivity index (χ3v) is 10.1. The van der Waals surface area contributed by atoms with Gasteiger partial charge in [0, 0.05) is 32.9 Å². The maximum atomic E-state index is 2.43. The van der Waals surface area contributed by atoms with E-state index in [1.165, 1.54) is 77.0 Å². The van der Waals surface area contributed by atoms with Gasteiger partial charge in [-0.05, 0) is 81.9 Å². The van der Waals surface area contributed by atoms with Crippen LogP contribution in [0.2, 0.25) is 0 Å². The minimum atomic E-state index is 1.15. The van der Waals surface area contributed by atoms with Crippen molar-refractivity contribution in [1.82, 2.24) is 9.13 Å². The molecule has 0 aliphatic rings. The van der Waals surface area contributed by atoms with Crippen LogP contribution in [-0.4, -0.2) is 9.13 Å². The number of rotatable bonds is 5. The normalized spacial score (nSPS) is 11.6. The van der Waals surface area contributed by atoms with Crippen LogP contribution in [0.5, 0.6) is 0 Å². The molecule has 10 aromatic rings. The molecule has 10 rings (SSSR count). The Hall–Kier alpha value is -6.64. The highest BCUT2D eigenvalue weighted by atomic mass is 15.0. The SMILES string of the molecule is c1ccc(-c2ccc(-n3c4ccccc4c4ccc(-c5ccc(-n6c7ccccc7c7ccccc76)cc5)cc43)cc2-c2ccccc2)cc1. The Morgan fingerprint density at radius 3 is 1.26 bits per heavy atom. The number of aromatic nitrogens is 2. The molecular weight excluding hydrogens is 605 g/mol. The highest BCUT2D eigenvalue weighted by molar-refractivity contribution is 6.11. The number of para-hydroxylation sites is 3. The second kappa shape index (κ2) is 11.5. The number of nitrogens with zero attached hydrogens (tertiary/aromatic N) is 2. The average molecular weight is 637 g/mol. The van der Waals surface area contributed by atoms with E-state index >= 15 is 0 Å². The molecule has 2 heterocycles. The van der Waals surface area contributed by atoms with Crippen molar-refractivity contribution in [2.24, 2.45) is 0 Å². The smallest absolute Gasteiger partial charge is 0.0547 e. The molecule has 0 amide bonds. The van der Waals surface area contributed by atoms with Crippen LogP contribution < -0.4 is 0 Å². The Balaban J connectivity index is 1.13. The summed E-state index contributed by atoms with van der Waals surface area (Å²) in [6.07, 6.45) is 0. The Bertz CT molecular complexity index is 2790. The fourth-order valence-electron chi connectivity index (χ4n) is 7.83. The van der Waals surface area contributed by atoms with Gasteiger partial charge in [0.15, 0.2) is 0 Å². The topological polar surface area (TPSA) is 9.86 Å². The quantitative estimate of drug-likeness (QED) is 0.178. The van der Waals surface area contributed by atoms with Gasteiger partial charge in [-0.3, -0.25) is 0 Å². The fraction of sp³-hybridized carbons (Fsp3) is 0. The van der Waals surface area contributed by atoms with Crippen molar-refractivity contribution < 1.29 is 0 Å². The predicted molar refractivity (Wildman–Crippen MR) is 211 cm³/mol. The molecule has 2 aromatic heterocycles. The van der Waals surface area contributed by atoms with Crippen molar-refractivity contribution in [1.29, 1.82) is 0 Å². The minimum absolute atomic E-state index is 1.15. The van der Waals surface area contributed by atoms with E-state index < -0.39 is 0 Å². The van der Waals surface area contributed by atoms with Gasteiger partial charge in [-0.2, -0.15) is 0 Å². The minimum Gasteiger partial charge on any atom is -0.309 e. The maximum absolute atomic E-state index is 2.43. The molecule has 0 bridgehead atoms. The first-order valence-corrected chi connectivity index (χ1v) is 17.2. The number of benzene rings is 8. The van der Waals surface area contributed by atoms with E-state index in [2.05, 4.69) is 203 Å². The monoisotopic (exact) mass is 636 g/mol. The van der Waals surface area contributed by atoms with Crippen molar-refractivity contribution in [2.45, 2.75) is 0 Å². The molecule has 234 valence electrons. The van der Waals surface area contributed by atoms with Gasteiger partial charge in [0.05, 0.1) is 22.1 Å². The van der Waals surface area contributed by atoms with E-state index in [1.54, 1.807) is 0 Å². The molecule has 8 aromatic carbocycles. The van der Waals surface area contributed by atoms with Gasteiger partial charge in [-0.25, -0.2) is 0 Å². The number of hydrogen-bond acceptors (Lipinski definition) is 0. The largest absolute Gasteiger partial charge is 0.309 e. The first kappa shape index (κ1) is 28.4. The molecule has 2 nitrogen and oxygen atoms in total. The van der Waals surface area contributed by atoms with E-state index in [1.807, 2.05) is 0 Å². The van der Waals surface area contributed by atoms with Gasteiger partial charge in [-0.1, -0.05) is 146 Å². The van der Waals surface area contributed by atoms with Crippen LogP contribution in [-0.2, 0) is 0 Å². The Morgan fingerprint density at radius 2 is 0.680 bits per heavy atom. The highest BCUT2D eigenvalue weighted by Gasteiger charge is 2.17. The Morgan fingerprint density at radius 1 is 0.240 bits per heavy atom. The molecule has 0 saturated heterocycles. The van der Waals surface area contributed by atoms with Gasteiger partial charge >= 0.3 is 0 Å².